The molecule has 6 heterocycles. The van der Waals surface area contributed by atoms with Crippen molar-refractivity contribution in [2.24, 2.45) is 0 Å². The molecule has 8 N–H and O–H groups in total. The first kappa shape index (κ1) is 36.5. The monoisotopic (exact) mass is 765 g/mol. The molecule has 20 heteroatoms. The van der Waals surface area contributed by atoms with Gasteiger partial charge in [0.1, 0.15) is 23.7 Å². The number of imidazole rings is 1. The molecule has 0 radical (unpaired) electrons. The maximum absolute atomic E-state index is 12.8. The Morgan fingerprint density at radius 2 is 1.73 bits per heavy atom. The first-order chi connectivity index (χ1) is 27.2. The number of aliphatic hydroxyl groups excluding tert-OH is 3. The van der Waals surface area contributed by atoms with E-state index in [4.69, 9.17) is 14.7 Å². The quantitative estimate of drug-likeness (QED) is 0.0871. The smallest absolute Gasteiger partial charge is 0.319 e. The number of carbonyl (C=O) groups excluding carboxylic acids is 1. The van der Waals surface area contributed by atoms with Crippen molar-refractivity contribution in [3.63, 3.8) is 0 Å². The lowest BCUT2D eigenvalue weighted by Gasteiger charge is -2.22. The third-order valence-corrected chi connectivity index (χ3v) is 9.74. The van der Waals surface area contributed by atoms with Crippen molar-refractivity contribution >= 4 is 34.6 Å². The molecule has 6 aromatic rings. The number of pyridine rings is 1. The second kappa shape index (κ2) is 15.7. The van der Waals surface area contributed by atoms with Crippen LogP contribution in [0.2, 0.25) is 0 Å². The molecule has 0 unspecified atom stereocenters. The van der Waals surface area contributed by atoms with Crippen LogP contribution in [-0.4, -0.2) is 121 Å². The fourth-order valence-electron chi connectivity index (χ4n) is 6.90. The van der Waals surface area contributed by atoms with Crippen LogP contribution in [0.3, 0.4) is 0 Å². The van der Waals surface area contributed by atoms with E-state index >= 15 is 0 Å². The van der Waals surface area contributed by atoms with Crippen molar-refractivity contribution in [2.45, 2.75) is 49.5 Å². The molecule has 20 nitrogen and oxygen atoms in total. The van der Waals surface area contributed by atoms with Gasteiger partial charge in [-0.2, -0.15) is 14.8 Å². The zero-order valence-electron chi connectivity index (χ0n) is 29.7. The summed E-state index contributed by atoms with van der Waals surface area (Å²) in [4.78, 5) is 34.4. The lowest BCUT2D eigenvalue weighted by atomic mass is 9.91. The van der Waals surface area contributed by atoms with Crippen LogP contribution in [0.5, 0.6) is 11.5 Å². The summed E-state index contributed by atoms with van der Waals surface area (Å²) in [7, 11) is 0. The predicted octanol–water partition coefficient (Wildman–Crippen LogP) is 1.25. The number of anilines is 3. The molecule has 2 amide bonds. The van der Waals surface area contributed by atoms with Gasteiger partial charge in [-0.1, -0.05) is 24.3 Å². The van der Waals surface area contributed by atoms with Crippen molar-refractivity contribution in [3.05, 3.63) is 96.3 Å². The van der Waals surface area contributed by atoms with Crippen LogP contribution < -0.4 is 20.9 Å². The summed E-state index contributed by atoms with van der Waals surface area (Å²) in [6.07, 6.45) is 0.0572. The van der Waals surface area contributed by atoms with Crippen LogP contribution in [0.4, 0.5) is 22.2 Å². The van der Waals surface area contributed by atoms with Gasteiger partial charge in [-0.05, 0) is 59.2 Å². The molecule has 2 aliphatic rings. The van der Waals surface area contributed by atoms with E-state index in [1.807, 2.05) is 29.2 Å². The average molecular weight is 766 g/mol. The molecule has 5 atom stereocenters. The van der Waals surface area contributed by atoms with Crippen molar-refractivity contribution in [2.75, 3.05) is 41.8 Å². The third-order valence-electron chi connectivity index (χ3n) is 9.74. The number of nitrogens with one attached hydrogen (secondary N) is 3. The number of nitrogens with zero attached hydrogens (tertiary/aromatic N) is 10. The number of ether oxygens (including phenoxy) is 1. The number of aliphatic hydroxyl groups is 3. The lowest BCUT2D eigenvalue weighted by molar-refractivity contribution is -0.0384. The summed E-state index contributed by atoms with van der Waals surface area (Å²) in [6, 6.07) is 16.6. The summed E-state index contributed by atoms with van der Waals surface area (Å²) in [5, 5.41) is 72.8. The van der Waals surface area contributed by atoms with Gasteiger partial charge in [0.25, 0.3) is 0 Å². The molecule has 4 aromatic heterocycles. The van der Waals surface area contributed by atoms with Crippen LogP contribution in [-0.2, 0) is 11.3 Å². The number of phenols is 2. The number of fused-ring (bicyclic) bond motifs is 1. The Labute approximate surface area is 318 Å². The molecule has 0 bridgehead atoms. The van der Waals surface area contributed by atoms with E-state index in [1.165, 1.54) is 15.7 Å². The van der Waals surface area contributed by atoms with E-state index in [0.29, 0.717) is 54.7 Å². The molecule has 2 aromatic carbocycles. The topological polar surface area (TPSA) is 267 Å². The first-order valence-corrected chi connectivity index (χ1v) is 17.9. The molecule has 2 aliphatic heterocycles. The Balaban J connectivity index is 1.11. The van der Waals surface area contributed by atoms with E-state index in [-0.39, 0.29) is 48.5 Å². The Morgan fingerprint density at radius 1 is 0.982 bits per heavy atom. The Kier molecular flexibility index (Phi) is 10.2. The lowest BCUT2D eigenvalue weighted by Crippen LogP contribution is -2.40. The van der Waals surface area contributed by atoms with Crippen molar-refractivity contribution in [1.29, 1.82) is 0 Å². The number of aromatic hydroxyl groups is 2. The normalized spacial score (nSPS) is 20.9. The molecular formula is C36H39N13O7. The van der Waals surface area contributed by atoms with E-state index in [1.54, 1.807) is 48.8 Å². The van der Waals surface area contributed by atoms with Gasteiger partial charge >= 0.3 is 6.03 Å². The van der Waals surface area contributed by atoms with E-state index in [0.717, 1.165) is 11.1 Å². The molecule has 2 fully saturated rings. The number of benzene rings is 2. The van der Waals surface area contributed by atoms with Gasteiger partial charge < -0.3 is 51.1 Å². The minimum Gasteiger partial charge on any atom is -0.508 e. The molecule has 0 saturated carbocycles. The maximum atomic E-state index is 12.8. The number of phenolic OH excluding ortho intramolecular Hbond substituents is 2. The minimum absolute atomic E-state index is 0.0345. The number of amides is 2. The van der Waals surface area contributed by atoms with Gasteiger partial charge in [0, 0.05) is 37.8 Å². The highest BCUT2D eigenvalue weighted by Crippen LogP contribution is 2.39. The minimum atomic E-state index is -1.44. The number of rotatable bonds is 12. The summed E-state index contributed by atoms with van der Waals surface area (Å²) in [5.74, 6) is 0.723. The largest absolute Gasteiger partial charge is 0.508 e. The van der Waals surface area contributed by atoms with Gasteiger partial charge in [-0.25, -0.2) is 9.78 Å². The molecular weight excluding hydrogens is 726 g/mol. The zero-order chi connectivity index (χ0) is 38.8. The van der Waals surface area contributed by atoms with E-state index in [9.17, 15) is 30.3 Å². The van der Waals surface area contributed by atoms with Crippen molar-refractivity contribution < 1.29 is 35.1 Å². The molecule has 56 heavy (non-hydrogen) atoms. The van der Waals surface area contributed by atoms with Gasteiger partial charge in [-0.3, -0.25) is 9.55 Å². The Morgan fingerprint density at radius 3 is 2.43 bits per heavy atom. The molecule has 0 spiro atoms. The number of carbonyl (C=O) groups is 1. The van der Waals surface area contributed by atoms with Crippen LogP contribution >= 0.6 is 0 Å². The standard InChI is InChI=1S/C36H39N13O7/c50-15-14-49-45-32(44-46-49)30-28(53)29(54)34(56-30)48-19-39-27-31(38-17-26(20-3-7-24(51)8-4-20)21-5-9-25(52)10-6-21)42-35(43-33(27)48)47-13-11-23(18-47)41-36(55)40-22-2-1-12-37-16-22/h1-10,12,16,19,23,26,28-30,34,50-54H,11,13-15,17-18H2,(H,38,42,43)(H2,40,41,55)/t23-,28+,29-,30+,34-/m1/s1. The van der Waals surface area contributed by atoms with E-state index < -0.39 is 24.5 Å². The molecule has 8 rings (SSSR count). The van der Waals surface area contributed by atoms with Gasteiger partial charge in [-0.15, -0.1) is 10.2 Å². The van der Waals surface area contributed by atoms with Crippen molar-refractivity contribution in [1.82, 2.24) is 50.0 Å². The van der Waals surface area contributed by atoms with Crippen LogP contribution in [0.25, 0.3) is 11.2 Å². The summed E-state index contributed by atoms with van der Waals surface area (Å²) in [6.45, 7) is 1.09. The average Bonchev–Trinajstić information content (AvgIpc) is 4.01. The summed E-state index contributed by atoms with van der Waals surface area (Å²) >= 11 is 0. The third kappa shape index (κ3) is 7.57. The van der Waals surface area contributed by atoms with Gasteiger partial charge in [0.15, 0.2) is 29.3 Å². The van der Waals surface area contributed by atoms with Crippen LogP contribution in [0.1, 0.15) is 41.6 Å². The molecule has 290 valence electrons. The van der Waals surface area contributed by atoms with Gasteiger partial charge in [0.2, 0.25) is 11.8 Å². The molecule has 0 aliphatic carbocycles. The SMILES string of the molecule is O=C(Nc1cccnc1)N[C@@H]1CCN(c2nc(NCC(c3ccc(O)cc3)c3ccc(O)cc3)c3ncn([C@@H]4O[C@H](c5nnn(CCO)n5)[C@@H](O)[C@H]4O)c3n2)C1. The second-order valence-corrected chi connectivity index (χ2v) is 13.5. The highest BCUT2D eigenvalue weighted by atomic mass is 16.6. The van der Waals surface area contributed by atoms with Gasteiger partial charge in [0.05, 0.1) is 31.4 Å². The highest BCUT2D eigenvalue weighted by Gasteiger charge is 2.47. The number of urea groups is 1. The number of hydrogen-bond donors (Lipinski definition) is 8. The Hall–Kier alpha value is -6.48. The maximum Gasteiger partial charge on any atom is 0.319 e. The number of tetrazole rings is 1. The first-order valence-electron chi connectivity index (χ1n) is 17.9. The number of aromatic nitrogens is 9. The fraction of sp³-hybridized carbons (Fsp3) is 0.333. The summed E-state index contributed by atoms with van der Waals surface area (Å²) < 4.78 is 7.67. The van der Waals surface area contributed by atoms with E-state index in [2.05, 4.69) is 41.3 Å². The summed E-state index contributed by atoms with van der Waals surface area (Å²) in [5.41, 5.74) is 2.99. The fourth-order valence-corrected chi connectivity index (χ4v) is 6.90. The van der Waals surface area contributed by atoms with Crippen LogP contribution in [0, 0.1) is 0 Å². The number of hydrogen-bond acceptors (Lipinski definition) is 16. The Bertz CT molecular complexity index is 2230. The predicted molar refractivity (Wildman–Crippen MR) is 199 cm³/mol. The van der Waals surface area contributed by atoms with Crippen molar-refractivity contribution in [3.8, 4) is 11.5 Å². The second-order valence-electron chi connectivity index (χ2n) is 13.5. The zero-order valence-corrected chi connectivity index (χ0v) is 29.7. The highest BCUT2D eigenvalue weighted by molar-refractivity contribution is 5.89. The van der Waals surface area contributed by atoms with Crippen LogP contribution in [0.15, 0.2) is 79.4 Å². The molecule has 2 saturated heterocycles.